The third-order valence-electron chi connectivity index (χ3n) is 6.95. The van der Waals surface area contributed by atoms with Crippen LogP contribution >= 0.6 is 23.4 Å². The van der Waals surface area contributed by atoms with Gasteiger partial charge >= 0.3 is 5.97 Å². The van der Waals surface area contributed by atoms with Crippen LogP contribution in [0.1, 0.15) is 46.0 Å². The van der Waals surface area contributed by atoms with Gasteiger partial charge in [0.2, 0.25) is 6.19 Å². The second kappa shape index (κ2) is 7.52. The van der Waals surface area contributed by atoms with Crippen LogP contribution in [0.25, 0.3) is 0 Å². The van der Waals surface area contributed by atoms with E-state index in [1.165, 1.54) is 0 Å². The summed E-state index contributed by atoms with van der Waals surface area (Å²) in [5.41, 5.74) is -0.533. The van der Waals surface area contributed by atoms with Gasteiger partial charge in [0.25, 0.3) is 0 Å². The van der Waals surface area contributed by atoms with Crippen molar-refractivity contribution in [2.45, 2.75) is 61.6 Å². The number of aliphatic carboxylic acids is 1. The van der Waals surface area contributed by atoms with Gasteiger partial charge in [0, 0.05) is 16.0 Å². The van der Waals surface area contributed by atoms with E-state index in [2.05, 4.69) is 24.2 Å². The number of benzene rings is 1. The maximum Gasteiger partial charge on any atom is 0.309 e. The largest absolute Gasteiger partial charge is 0.481 e. The first-order valence-electron chi connectivity index (χ1n) is 10.1. The number of nitriles is 1. The summed E-state index contributed by atoms with van der Waals surface area (Å²) in [6.07, 6.45) is 6.42. The van der Waals surface area contributed by atoms with Gasteiger partial charge in [-0.25, -0.2) is 0 Å². The third-order valence-corrected chi connectivity index (χ3v) is 8.41. The standard InChI is InChI=1S/C22H26ClN3O2S/c1-21(2,29-17-5-3-16(23)4-6-17)19(25-12-24)26-18-14-7-13-8-15(18)11-22(9-13,10-14)20(27)28/h3-6,13-15,18H,7-11H2,1-2H3,(H,25,26)(H,27,28). The minimum Gasteiger partial charge on any atom is -0.481 e. The first-order chi connectivity index (χ1) is 13.7. The molecule has 0 aromatic heterocycles. The first kappa shape index (κ1) is 20.6. The summed E-state index contributed by atoms with van der Waals surface area (Å²) in [4.78, 5) is 17.2. The van der Waals surface area contributed by atoms with Crippen LogP contribution in [0, 0.1) is 34.6 Å². The van der Waals surface area contributed by atoms with E-state index in [1.54, 1.807) is 11.8 Å². The molecule has 5 nitrogen and oxygen atoms in total. The fourth-order valence-corrected chi connectivity index (χ4v) is 7.10. The lowest BCUT2D eigenvalue weighted by molar-refractivity contribution is -0.166. The van der Waals surface area contributed by atoms with E-state index in [0.717, 1.165) is 37.0 Å². The van der Waals surface area contributed by atoms with Crippen molar-refractivity contribution in [3.63, 3.8) is 0 Å². The zero-order chi connectivity index (χ0) is 20.8. The Labute approximate surface area is 180 Å². The van der Waals surface area contributed by atoms with Gasteiger partial charge in [-0.05, 0) is 88.0 Å². The molecule has 1 aromatic rings. The highest BCUT2D eigenvalue weighted by atomic mass is 35.5. The molecule has 2 atom stereocenters. The molecule has 154 valence electrons. The molecule has 0 saturated heterocycles. The molecule has 0 radical (unpaired) electrons. The monoisotopic (exact) mass is 431 g/mol. The summed E-state index contributed by atoms with van der Waals surface area (Å²) in [6.45, 7) is 4.12. The second-order valence-corrected chi connectivity index (χ2v) is 11.5. The van der Waals surface area contributed by atoms with Crippen LogP contribution in [-0.4, -0.2) is 27.7 Å². The Morgan fingerprint density at radius 2 is 1.90 bits per heavy atom. The van der Waals surface area contributed by atoms with Crippen molar-refractivity contribution in [2.24, 2.45) is 28.2 Å². The van der Waals surface area contributed by atoms with E-state index in [0.29, 0.717) is 28.6 Å². The number of carboxylic acid groups (broad SMARTS) is 1. The SMILES string of the molecule is CC(C)(Sc1ccc(Cl)cc1)/C(=N/C#N)NC1C2CC3CC1CC(C(=O)O)(C3)C2. The molecule has 5 rings (SSSR count). The summed E-state index contributed by atoms with van der Waals surface area (Å²) >= 11 is 7.63. The summed E-state index contributed by atoms with van der Waals surface area (Å²) in [7, 11) is 0. The molecule has 4 saturated carbocycles. The van der Waals surface area contributed by atoms with Gasteiger partial charge in [-0.15, -0.1) is 11.8 Å². The van der Waals surface area contributed by atoms with Crippen molar-refractivity contribution in [1.29, 1.82) is 5.26 Å². The molecule has 29 heavy (non-hydrogen) atoms. The predicted octanol–water partition coefficient (Wildman–Crippen LogP) is 4.96. The number of amidine groups is 1. The molecule has 2 N–H and O–H groups in total. The van der Waals surface area contributed by atoms with E-state index in [4.69, 9.17) is 11.6 Å². The molecule has 0 aliphatic heterocycles. The van der Waals surface area contributed by atoms with Crippen molar-refractivity contribution in [2.75, 3.05) is 0 Å². The van der Waals surface area contributed by atoms with E-state index in [1.807, 2.05) is 30.5 Å². The van der Waals surface area contributed by atoms with Crippen LogP contribution in [-0.2, 0) is 4.79 Å². The van der Waals surface area contributed by atoms with Crippen LogP contribution in [0.4, 0.5) is 0 Å². The number of nitrogens with one attached hydrogen (secondary N) is 1. The lowest BCUT2D eigenvalue weighted by atomic mass is 9.48. The lowest BCUT2D eigenvalue weighted by Crippen LogP contribution is -2.62. The second-order valence-electron chi connectivity index (χ2n) is 9.35. The summed E-state index contributed by atoms with van der Waals surface area (Å²) in [6, 6.07) is 7.85. The summed E-state index contributed by atoms with van der Waals surface area (Å²) < 4.78 is -0.428. The lowest BCUT2D eigenvalue weighted by Gasteiger charge is -2.58. The van der Waals surface area contributed by atoms with Crippen LogP contribution in [0.3, 0.4) is 0 Å². The molecule has 0 spiro atoms. The van der Waals surface area contributed by atoms with Gasteiger partial charge in [-0.1, -0.05) is 11.6 Å². The predicted molar refractivity (Wildman–Crippen MR) is 115 cm³/mol. The van der Waals surface area contributed by atoms with Gasteiger partial charge in [-0.3, -0.25) is 4.79 Å². The van der Waals surface area contributed by atoms with E-state index < -0.39 is 16.1 Å². The molecule has 0 heterocycles. The van der Waals surface area contributed by atoms with Crippen molar-refractivity contribution >= 4 is 35.2 Å². The first-order valence-corrected chi connectivity index (χ1v) is 11.3. The summed E-state index contributed by atoms with van der Waals surface area (Å²) in [5, 5.41) is 23.5. The highest BCUT2D eigenvalue weighted by molar-refractivity contribution is 8.01. The van der Waals surface area contributed by atoms with Gasteiger partial charge in [0.15, 0.2) is 0 Å². The van der Waals surface area contributed by atoms with Crippen molar-refractivity contribution in [1.82, 2.24) is 5.32 Å². The van der Waals surface area contributed by atoms with Crippen LogP contribution in [0.2, 0.25) is 5.02 Å². The summed E-state index contributed by atoms with van der Waals surface area (Å²) in [5.74, 6) is 1.23. The number of halogens is 1. The number of carbonyl (C=O) groups is 1. The minimum absolute atomic E-state index is 0.191. The number of hydrogen-bond donors (Lipinski definition) is 2. The topological polar surface area (TPSA) is 85.5 Å². The normalized spacial score (nSPS) is 33.4. The number of carboxylic acids is 1. The Bertz CT molecular complexity index is 861. The van der Waals surface area contributed by atoms with E-state index in [-0.39, 0.29) is 6.04 Å². The number of aliphatic imine (C=N–C) groups is 1. The molecule has 4 aliphatic rings. The zero-order valence-corrected chi connectivity index (χ0v) is 18.3. The molecule has 4 bridgehead atoms. The van der Waals surface area contributed by atoms with Crippen LogP contribution in [0.5, 0.6) is 0 Å². The molecule has 7 heteroatoms. The Hall–Kier alpha value is -1.71. The van der Waals surface area contributed by atoms with Gasteiger partial charge < -0.3 is 10.4 Å². The van der Waals surface area contributed by atoms with Crippen LogP contribution in [0.15, 0.2) is 34.2 Å². The Kier molecular flexibility index (Phi) is 5.33. The number of hydrogen-bond acceptors (Lipinski definition) is 4. The zero-order valence-electron chi connectivity index (χ0n) is 16.7. The maximum atomic E-state index is 12.0. The molecule has 0 amide bonds. The molecular weight excluding hydrogens is 406 g/mol. The van der Waals surface area contributed by atoms with Crippen LogP contribution < -0.4 is 5.32 Å². The number of thioether (sulfide) groups is 1. The highest BCUT2D eigenvalue weighted by Gasteiger charge is 2.59. The molecule has 4 fully saturated rings. The Morgan fingerprint density at radius 1 is 1.28 bits per heavy atom. The number of nitrogens with zero attached hydrogens (tertiary/aromatic N) is 2. The molecule has 4 aliphatic carbocycles. The third kappa shape index (κ3) is 3.87. The molecule has 2 unspecified atom stereocenters. The minimum atomic E-state index is -0.625. The van der Waals surface area contributed by atoms with Crippen molar-refractivity contribution < 1.29 is 9.90 Å². The Balaban J connectivity index is 1.53. The van der Waals surface area contributed by atoms with Gasteiger partial charge in [-0.2, -0.15) is 10.3 Å². The van der Waals surface area contributed by atoms with Gasteiger partial charge in [0.1, 0.15) is 5.84 Å². The average Bonchev–Trinajstić information content (AvgIpc) is 2.65. The molecule has 1 aromatic carbocycles. The maximum absolute atomic E-state index is 12.0. The smallest absolute Gasteiger partial charge is 0.309 e. The quantitative estimate of drug-likeness (QED) is 0.298. The highest BCUT2D eigenvalue weighted by Crippen LogP contribution is 2.60. The fourth-order valence-electron chi connectivity index (χ4n) is 5.92. The number of rotatable bonds is 5. The Morgan fingerprint density at radius 3 is 2.45 bits per heavy atom. The van der Waals surface area contributed by atoms with Gasteiger partial charge in [0.05, 0.1) is 10.2 Å². The average molecular weight is 432 g/mol. The molecular formula is C22H26ClN3O2S. The van der Waals surface area contributed by atoms with Crippen molar-refractivity contribution in [3.8, 4) is 6.19 Å². The fraction of sp³-hybridized carbons (Fsp3) is 0.591. The van der Waals surface area contributed by atoms with Crippen molar-refractivity contribution in [3.05, 3.63) is 29.3 Å². The van der Waals surface area contributed by atoms with E-state index >= 15 is 0 Å². The van der Waals surface area contributed by atoms with E-state index in [9.17, 15) is 15.2 Å².